The van der Waals surface area contributed by atoms with Gasteiger partial charge in [0.05, 0.1) is 11.9 Å². The number of carbonyl (C=O) groups is 1. The number of halogens is 1. The van der Waals surface area contributed by atoms with Gasteiger partial charge in [-0.1, -0.05) is 32.9 Å². The molecule has 8 heteroatoms. The van der Waals surface area contributed by atoms with Crippen LogP contribution in [-0.4, -0.2) is 32.8 Å². The lowest BCUT2D eigenvalue weighted by atomic mass is 9.72. The number of hydrogen-bond acceptors (Lipinski definition) is 4. The van der Waals surface area contributed by atoms with Crippen LogP contribution in [0, 0.1) is 17.2 Å². The van der Waals surface area contributed by atoms with Gasteiger partial charge in [0.15, 0.2) is 0 Å². The number of carbonyl (C=O) groups excluding carboxylic acids is 1. The second kappa shape index (κ2) is 8.37. The highest BCUT2D eigenvalue weighted by molar-refractivity contribution is 7.92. The lowest BCUT2D eigenvalue weighted by Crippen LogP contribution is -2.39. The Bertz CT molecular complexity index is 806. The van der Waals surface area contributed by atoms with Crippen LogP contribution in [0.5, 0.6) is 0 Å². The Hall–Kier alpha value is -1.96. The normalized spacial score (nSPS) is 18.1. The topological polar surface area (TPSA) is 78.8 Å². The number of para-hydroxylation sites is 1. The van der Waals surface area contributed by atoms with Gasteiger partial charge in [0.2, 0.25) is 10.0 Å². The molecule has 1 aromatic carbocycles. The number of anilines is 1. The standard InChI is InChI=1S/C19H28FN3O3S/c1-19(2,3)14-9-11-15(12-10-14)21-22-18(24)13-23(27(4,25)26)17-8-6-5-7-16(17)20/h5-8,14H,9-13H2,1-4H3,(H,22,24). The average molecular weight is 398 g/mol. The number of rotatable bonds is 5. The Morgan fingerprint density at radius 1 is 1.26 bits per heavy atom. The maximum Gasteiger partial charge on any atom is 0.260 e. The molecule has 0 spiro atoms. The maximum absolute atomic E-state index is 14.0. The van der Waals surface area contributed by atoms with E-state index in [1.807, 2.05) is 0 Å². The molecule has 0 bridgehead atoms. The molecule has 1 aliphatic rings. The first-order valence-corrected chi connectivity index (χ1v) is 10.9. The van der Waals surface area contributed by atoms with Gasteiger partial charge in [-0.05, 0) is 49.1 Å². The number of benzene rings is 1. The number of nitrogens with one attached hydrogen (secondary N) is 1. The van der Waals surface area contributed by atoms with E-state index in [0.717, 1.165) is 48.0 Å². The van der Waals surface area contributed by atoms with Crippen LogP contribution in [0.4, 0.5) is 10.1 Å². The molecule has 1 fully saturated rings. The Morgan fingerprint density at radius 2 is 1.85 bits per heavy atom. The van der Waals surface area contributed by atoms with Gasteiger partial charge in [-0.2, -0.15) is 5.10 Å². The molecule has 1 aliphatic carbocycles. The van der Waals surface area contributed by atoms with Crippen molar-refractivity contribution in [1.82, 2.24) is 5.43 Å². The average Bonchev–Trinajstić information content (AvgIpc) is 2.57. The minimum atomic E-state index is -3.82. The first kappa shape index (κ1) is 21.3. The molecule has 6 nitrogen and oxygen atoms in total. The molecular weight excluding hydrogens is 369 g/mol. The van der Waals surface area contributed by atoms with Crippen molar-refractivity contribution in [2.24, 2.45) is 16.4 Å². The van der Waals surface area contributed by atoms with E-state index < -0.39 is 28.3 Å². The molecular formula is C19H28FN3O3S. The quantitative estimate of drug-likeness (QED) is 0.774. The van der Waals surface area contributed by atoms with Gasteiger partial charge in [0.1, 0.15) is 12.4 Å². The van der Waals surface area contributed by atoms with Crippen molar-refractivity contribution in [2.75, 3.05) is 17.1 Å². The van der Waals surface area contributed by atoms with Crippen molar-refractivity contribution >= 4 is 27.3 Å². The van der Waals surface area contributed by atoms with Crippen LogP contribution in [0.3, 0.4) is 0 Å². The summed E-state index contributed by atoms with van der Waals surface area (Å²) < 4.78 is 38.7. The highest BCUT2D eigenvalue weighted by Gasteiger charge is 2.28. The predicted molar refractivity (Wildman–Crippen MR) is 106 cm³/mol. The fourth-order valence-electron chi connectivity index (χ4n) is 3.27. The summed E-state index contributed by atoms with van der Waals surface area (Å²) in [6.07, 6.45) is 4.59. The van der Waals surface area contributed by atoms with E-state index in [2.05, 4.69) is 31.3 Å². The zero-order valence-corrected chi connectivity index (χ0v) is 17.1. The highest BCUT2D eigenvalue weighted by Crippen LogP contribution is 2.36. The van der Waals surface area contributed by atoms with E-state index in [9.17, 15) is 17.6 Å². The van der Waals surface area contributed by atoms with Crippen molar-refractivity contribution in [3.8, 4) is 0 Å². The van der Waals surface area contributed by atoms with Gasteiger partial charge in [-0.3, -0.25) is 9.10 Å². The molecule has 0 unspecified atom stereocenters. The van der Waals surface area contributed by atoms with Crippen molar-refractivity contribution in [1.29, 1.82) is 0 Å². The summed E-state index contributed by atoms with van der Waals surface area (Å²) in [6, 6.07) is 5.45. The van der Waals surface area contributed by atoms with Crippen LogP contribution in [-0.2, 0) is 14.8 Å². The second-order valence-corrected chi connectivity index (χ2v) is 9.98. The summed E-state index contributed by atoms with van der Waals surface area (Å²) in [5.74, 6) is -0.689. The summed E-state index contributed by atoms with van der Waals surface area (Å²) in [6.45, 7) is 6.15. The van der Waals surface area contributed by atoms with Gasteiger partial charge >= 0.3 is 0 Å². The van der Waals surface area contributed by atoms with Crippen LogP contribution in [0.2, 0.25) is 0 Å². The Kier molecular flexibility index (Phi) is 6.62. The molecule has 0 radical (unpaired) electrons. The Labute approximate surface area is 160 Å². The van der Waals surface area contributed by atoms with Gasteiger partial charge < -0.3 is 0 Å². The van der Waals surface area contributed by atoms with E-state index in [1.54, 1.807) is 0 Å². The first-order chi connectivity index (χ1) is 12.5. The first-order valence-electron chi connectivity index (χ1n) is 9.05. The smallest absolute Gasteiger partial charge is 0.260 e. The Balaban J connectivity index is 2.00. The van der Waals surface area contributed by atoms with E-state index in [1.165, 1.54) is 18.2 Å². The number of sulfonamides is 1. The monoisotopic (exact) mass is 397 g/mol. The summed E-state index contributed by atoms with van der Waals surface area (Å²) in [7, 11) is -3.82. The van der Waals surface area contributed by atoms with Crippen molar-refractivity contribution in [2.45, 2.75) is 46.5 Å². The largest absolute Gasteiger partial charge is 0.271 e. The fraction of sp³-hybridized carbons (Fsp3) is 0.579. The third-order valence-corrected chi connectivity index (χ3v) is 6.06. The number of hydrazone groups is 1. The van der Waals surface area contributed by atoms with Crippen molar-refractivity contribution < 1.29 is 17.6 Å². The minimum Gasteiger partial charge on any atom is -0.271 e. The van der Waals surface area contributed by atoms with Gasteiger partial charge in [-0.25, -0.2) is 18.2 Å². The predicted octanol–water partition coefficient (Wildman–Crippen LogP) is 3.30. The number of amides is 1. The lowest BCUT2D eigenvalue weighted by Gasteiger charge is -2.34. The van der Waals surface area contributed by atoms with Gasteiger partial charge in [0.25, 0.3) is 5.91 Å². The van der Waals surface area contributed by atoms with Crippen molar-refractivity contribution in [3.63, 3.8) is 0 Å². The molecule has 2 rings (SSSR count). The van der Waals surface area contributed by atoms with Crippen LogP contribution in [0.15, 0.2) is 29.4 Å². The summed E-state index contributed by atoms with van der Waals surface area (Å²) >= 11 is 0. The second-order valence-electron chi connectivity index (χ2n) is 8.07. The zero-order chi connectivity index (χ0) is 20.2. The number of hydrogen-bond donors (Lipinski definition) is 1. The van der Waals surface area contributed by atoms with Crippen LogP contribution < -0.4 is 9.73 Å². The third-order valence-electron chi connectivity index (χ3n) is 4.93. The molecule has 0 saturated heterocycles. The highest BCUT2D eigenvalue weighted by atomic mass is 32.2. The van der Waals surface area contributed by atoms with E-state index >= 15 is 0 Å². The van der Waals surface area contributed by atoms with Crippen LogP contribution in [0.1, 0.15) is 46.5 Å². The van der Waals surface area contributed by atoms with Crippen LogP contribution in [0.25, 0.3) is 0 Å². The molecule has 150 valence electrons. The van der Waals surface area contributed by atoms with Gasteiger partial charge in [0, 0.05) is 5.71 Å². The number of nitrogens with zero attached hydrogens (tertiary/aromatic N) is 2. The molecule has 0 aliphatic heterocycles. The van der Waals surface area contributed by atoms with E-state index in [4.69, 9.17) is 0 Å². The summed E-state index contributed by atoms with van der Waals surface area (Å²) in [4.78, 5) is 12.2. The van der Waals surface area contributed by atoms with E-state index in [-0.39, 0.29) is 11.1 Å². The molecule has 27 heavy (non-hydrogen) atoms. The molecule has 0 atom stereocenters. The third kappa shape index (κ3) is 6.02. The maximum atomic E-state index is 14.0. The molecule has 1 amide bonds. The lowest BCUT2D eigenvalue weighted by molar-refractivity contribution is -0.119. The van der Waals surface area contributed by atoms with Crippen LogP contribution >= 0.6 is 0 Å². The molecule has 0 aromatic heterocycles. The minimum absolute atomic E-state index is 0.159. The zero-order valence-electron chi connectivity index (χ0n) is 16.3. The van der Waals surface area contributed by atoms with Crippen molar-refractivity contribution in [3.05, 3.63) is 30.1 Å². The molecule has 1 saturated carbocycles. The molecule has 0 heterocycles. The van der Waals surface area contributed by atoms with Gasteiger partial charge in [-0.15, -0.1) is 0 Å². The summed E-state index contributed by atoms with van der Waals surface area (Å²) in [5, 5.41) is 4.15. The fourth-order valence-corrected chi connectivity index (χ4v) is 4.13. The summed E-state index contributed by atoms with van der Waals surface area (Å²) in [5.41, 5.74) is 3.42. The Morgan fingerprint density at radius 3 is 2.37 bits per heavy atom. The van der Waals surface area contributed by atoms with E-state index in [0.29, 0.717) is 5.92 Å². The molecule has 1 aromatic rings. The molecule has 1 N–H and O–H groups in total. The SMILES string of the molecule is CC(C)(C)C1CCC(=NNC(=O)CN(c2ccccc2F)S(C)(=O)=O)CC1.